The molecule has 1 aromatic heterocycles. The molecule has 6 heteroatoms. The number of carbonyl (C=O) groups excluding carboxylic acids is 1. The van der Waals surface area contributed by atoms with Gasteiger partial charge >= 0.3 is 5.88 Å². The van der Waals surface area contributed by atoms with Crippen molar-refractivity contribution in [1.29, 1.82) is 0 Å². The highest BCUT2D eigenvalue weighted by atomic mass is 16.6. The van der Waals surface area contributed by atoms with Gasteiger partial charge in [-0.1, -0.05) is 0 Å². The van der Waals surface area contributed by atoms with Crippen molar-refractivity contribution in [3.63, 3.8) is 0 Å². The van der Waals surface area contributed by atoms with Crippen molar-refractivity contribution in [3.05, 3.63) is 34.1 Å². The number of amides is 1. The molecule has 0 saturated heterocycles. The number of furan rings is 1. The van der Waals surface area contributed by atoms with Gasteiger partial charge in [0.15, 0.2) is 0 Å². The zero-order valence-corrected chi connectivity index (χ0v) is 6.47. The van der Waals surface area contributed by atoms with Gasteiger partial charge in [-0.05, 0) is 12.1 Å². The Kier molecular flexibility index (Phi) is 2.44. The van der Waals surface area contributed by atoms with Gasteiger partial charge in [0.05, 0.1) is 6.07 Å². The molecule has 0 aliphatic rings. The Hall–Kier alpha value is -2.11. The topological polar surface area (TPSA) is 99.4 Å². The fraction of sp³-hybridized carbons (Fsp3) is 0. The molecule has 0 bridgehead atoms. The first-order valence-corrected chi connectivity index (χ1v) is 3.31. The summed E-state index contributed by atoms with van der Waals surface area (Å²) in [6.45, 7) is 0. The number of rotatable bonds is 3. The third-order valence-corrected chi connectivity index (χ3v) is 1.20. The quantitative estimate of drug-likeness (QED) is 0.422. The highest BCUT2D eigenvalue weighted by Gasteiger charge is 2.09. The lowest BCUT2D eigenvalue weighted by Crippen LogP contribution is -2.04. The molecule has 0 aliphatic heterocycles. The van der Waals surface area contributed by atoms with Gasteiger partial charge in [0.25, 0.3) is 0 Å². The van der Waals surface area contributed by atoms with Crippen LogP contribution in [0.5, 0.6) is 0 Å². The first-order valence-electron chi connectivity index (χ1n) is 3.31. The maximum Gasteiger partial charge on any atom is 0.433 e. The van der Waals surface area contributed by atoms with E-state index in [0.29, 0.717) is 0 Å². The smallest absolute Gasteiger partial charge is 0.401 e. The van der Waals surface area contributed by atoms with Crippen molar-refractivity contribution in [2.75, 3.05) is 0 Å². The van der Waals surface area contributed by atoms with Crippen LogP contribution in [0.1, 0.15) is 5.76 Å². The van der Waals surface area contributed by atoms with E-state index in [0.717, 1.165) is 6.08 Å². The third kappa shape index (κ3) is 2.44. The van der Waals surface area contributed by atoms with Crippen LogP contribution in [0, 0.1) is 10.1 Å². The Bertz CT molecular complexity index is 366. The van der Waals surface area contributed by atoms with Crippen LogP contribution in [0.4, 0.5) is 5.88 Å². The minimum Gasteiger partial charge on any atom is -0.401 e. The average Bonchev–Trinajstić information content (AvgIpc) is 2.48. The van der Waals surface area contributed by atoms with E-state index in [4.69, 9.17) is 10.2 Å². The van der Waals surface area contributed by atoms with E-state index in [1.165, 1.54) is 18.2 Å². The van der Waals surface area contributed by atoms with Crippen molar-refractivity contribution < 1.29 is 14.1 Å². The molecule has 0 fully saturated rings. The molecule has 0 aromatic carbocycles. The number of nitrogens with two attached hydrogens (primary N) is 1. The van der Waals surface area contributed by atoms with Gasteiger partial charge in [0.2, 0.25) is 5.91 Å². The number of carbonyl (C=O) groups is 1. The molecule has 0 atom stereocenters. The van der Waals surface area contributed by atoms with Crippen molar-refractivity contribution in [2.45, 2.75) is 0 Å². The van der Waals surface area contributed by atoms with Gasteiger partial charge in [0, 0.05) is 6.08 Å². The lowest BCUT2D eigenvalue weighted by atomic mass is 10.4. The van der Waals surface area contributed by atoms with E-state index in [2.05, 4.69) is 0 Å². The van der Waals surface area contributed by atoms with E-state index in [9.17, 15) is 14.9 Å². The zero-order valence-electron chi connectivity index (χ0n) is 6.47. The highest BCUT2D eigenvalue weighted by Crippen LogP contribution is 2.16. The summed E-state index contributed by atoms with van der Waals surface area (Å²) >= 11 is 0. The van der Waals surface area contributed by atoms with E-state index in [-0.39, 0.29) is 11.6 Å². The molecule has 0 aliphatic carbocycles. The Morgan fingerprint density at radius 3 is 2.77 bits per heavy atom. The zero-order chi connectivity index (χ0) is 9.84. The highest BCUT2D eigenvalue weighted by molar-refractivity contribution is 5.89. The second kappa shape index (κ2) is 3.53. The molecular formula is C7H6N2O4. The predicted octanol–water partition coefficient (Wildman–Crippen LogP) is 0.686. The summed E-state index contributed by atoms with van der Waals surface area (Å²) in [5.74, 6) is -0.798. The summed E-state index contributed by atoms with van der Waals surface area (Å²) in [4.78, 5) is 19.8. The van der Waals surface area contributed by atoms with E-state index in [1.54, 1.807) is 0 Å². The van der Waals surface area contributed by atoms with Crippen molar-refractivity contribution in [2.24, 2.45) is 5.73 Å². The van der Waals surface area contributed by atoms with Crippen LogP contribution in [0.2, 0.25) is 0 Å². The molecule has 0 unspecified atom stereocenters. The maximum absolute atomic E-state index is 10.3. The van der Waals surface area contributed by atoms with Crippen LogP contribution in [0.3, 0.4) is 0 Å². The molecule has 1 amide bonds. The molecule has 68 valence electrons. The lowest BCUT2D eigenvalue weighted by molar-refractivity contribution is -0.402. The minimum atomic E-state index is -0.665. The minimum absolute atomic E-state index is 0.213. The summed E-state index contributed by atoms with van der Waals surface area (Å²) in [5.41, 5.74) is 4.81. The molecule has 1 heterocycles. The van der Waals surface area contributed by atoms with E-state index >= 15 is 0 Å². The molecular weight excluding hydrogens is 176 g/mol. The van der Waals surface area contributed by atoms with Crippen LogP contribution in [-0.2, 0) is 4.79 Å². The standard InChI is InChI=1S/C7H6N2O4/c8-6(10)3-1-5-2-4-7(13-5)9(11)12/h1-4H,(H2,8,10)/b3-1+. The number of primary amides is 1. The summed E-state index contributed by atoms with van der Waals surface area (Å²) in [6, 6.07) is 2.57. The first kappa shape index (κ1) is 8.98. The first-order chi connectivity index (χ1) is 6.09. The average molecular weight is 182 g/mol. The summed E-state index contributed by atoms with van der Waals surface area (Å²) in [7, 11) is 0. The second-order valence-corrected chi connectivity index (χ2v) is 2.17. The Labute approximate surface area is 72.8 Å². The number of nitro groups is 1. The number of hydrogen-bond acceptors (Lipinski definition) is 4. The Balaban J connectivity index is 2.80. The van der Waals surface area contributed by atoms with Gasteiger partial charge in [-0.3, -0.25) is 14.9 Å². The third-order valence-electron chi connectivity index (χ3n) is 1.20. The number of nitrogens with zero attached hydrogens (tertiary/aromatic N) is 1. The van der Waals surface area contributed by atoms with E-state index in [1.807, 2.05) is 0 Å². The summed E-state index contributed by atoms with van der Waals surface area (Å²) in [5, 5.41) is 10.1. The van der Waals surface area contributed by atoms with Crippen molar-refractivity contribution >= 4 is 17.9 Å². The Morgan fingerprint density at radius 2 is 2.31 bits per heavy atom. The van der Waals surface area contributed by atoms with Gasteiger partial charge in [-0.15, -0.1) is 0 Å². The summed E-state index contributed by atoms with van der Waals surface area (Å²) < 4.78 is 4.70. The van der Waals surface area contributed by atoms with Crippen molar-refractivity contribution in [1.82, 2.24) is 0 Å². The van der Waals surface area contributed by atoms with Gasteiger partial charge in [0.1, 0.15) is 10.7 Å². The van der Waals surface area contributed by atoms with Gasteiger partial charge in [-0.25, -0.2) is 0 Å². The normalized spacial score (nSPS) is 10.5. The fourth-order valence-electron chi connectivity index (χ4n) is 0.694. The Morgan fingerprint density at radius 1 is 1.62 bits per heavy atom. The predicted molar refractivity (Wildman–Crippen MR) is 43.6 cm³/mol. The van der Waals surface area contributed by atoms with Crippen molar-refractivity contribution in [3.8, 4) is 0 Å². The largest absolute Gasteiger partial charge is 0.433 e. The maximum atomic E-state index is 10.3. The molecule has 1 aromatic rings. The van der Waals surface area contributed by atoms with Crippen LogP contribution in [-0.4, -0.2) is 10.8 Å². The van der Waals surface area contributed by atoms with Gasteiger partial charge < -0.3 is 10.2 Å². The van der Waals surface area contributed by atoms with Crippen LogP contribution in [0.15, 0.2) is 22.6 Å². The molecule has 6 nitrogen and oxygen atoms in total. The fourth-order valence-corrected chi connectivity index (χ4v) is 0.694. The molecule has 0 radical (unpaired) electrons. The molecule has 2 N–H and O–H groups in total. The van der Waals surface area contributed by atoms with Crippen LogP contribution in [0.25, 0.3) is 6.08 Å². The monoisotopic (exact) mass is 182 g/mol. The lowest BCUT2D eigenvalue weighted by Gasteiger charge is -1.82. The van der Waals surface area contributed by atoms with Crippen LogP contribution >= 0.6 is 0 Å². The van der Waals surface area contributed by atoms with E-state index < -0.39 is 10.8 Å². The van der Waals surface area contributed by atoms with Crippen LogP contribution < -0.4 is 5.73 Å². The number of hydrogen-bond donors (Lipinski definition) is 1. The molecule has 0 spiro atoms. The second-order valence-electron chi connectivity index (χ2n) is 2.17. The molecule has 13 heavy (non-hydrogen) atoms. The SMILES string of the molecule is NC(=O)/C=C/c1ccc([N+](=O)[O-])o1. The summed E-state index contributed by atoms with van der Waals surface area (Å²) in [6.07, 6.45) is 2.32. The molecule has 1 rings (SSSR count). The van der Waals surface area contributed by atoms with Gasteiger partial charge in [-0.2, -0.15) is 0 Å². The molecule has 0 saturated carbocycles.